The molecule has 3 aromatic rings. The molecule has 9 nitrogen and oxygen atoms in total. The predicted octanol–water partition coefficient (Wildman–Crippen LogP) is 3.23. The fourth-order valence-corrected chi connectivity index (χ4v) is 3.60. The van der Waals surface area contributed by atoms with E-state index < -0.39 is 6.04 Å². The molecule has 1 aromatic heterocycles. The van der Waals surface area contributed by atoms with Crippen LogP contribution in [0.5, 0.6) is 17.2 Å². The van der Waals surface area contributed by atoms with Crippen LogP contribution in [-0.2, 0) is 4.79 Å². The summed E-state index contributed by atoms with van der Waals surface area (Å²) in [6.07, 6.45) is 1.45. The fraction of sp³-hybridized carbons (Fsp3) is 0.227. The molecule has 0 radical (unpaired) electrons. The Hall–Kier alpha value is -4.01. The summed E-state index contributed by atoms with van der Waals surface area (Å²) in [5.74, 6) is 2.08. The first-order valence-electron chi connectivity index (χ1n) is 9.60. The summed E-state index contributed by atoms with van der Waals surface area (Å²) in [5, 5.41) is 10.5. The molecule has 9 heteroatoms. The van der Waals surface area contributed by atoms with Gasteiger partial charge in [0.2, 0.25) is 5.95 Å². The number of fused-ring (bicyclic) bond motifs is 1. The van der Waals surface area contributed by atoms with Crippen LogP contribution in [0.25, 0.3) is 0 Å². The van der Waals surface area contributed by atoms with Gasteiger partial charge in [-0.05, 0) is 36.8 Å². The predicted molar refractivity (Wildman–Crippen MR) is 116 cm³/mol. The van der Waals surface area contributed by atoms with Gasteiger partial charge in [-0.25, -0.2) is 4.68 Å². The average molecular weight is 421 g/mol. The van der Waals surface area contributed by atoms with Crippen molar-refractivity contribution in [3.63, 3.8) is 0 Å². The summed E-state index contributed by atoms with van der Waals surface area (Å²) in [7, 11) is 4.72. The molecule has 1 aliphatic heterocycles. The van der Waals surface area contributed by atoms with Crippen LogP contribution < -0.4 is 24.8 Å². The molecule has 1 amide bonds. The van der Waals surface area contributed by atoms with Crippen LogP contribution in [0.4, 0.5) is 11.6 Å². The number of carbonyl (C=O) groups excluding carboxylic acids is 1. The molecule has 2 N–H and O–H groups in total. The van der Waals surface area contributed by atoms with Gasteiger partial charge in [0.15, 0.2) is 0 Å². The maximum absolute atomic E-state index is 13.5. The van der Waals surface area contributed by atoms with Crippen molar-refractivity contribution in [1.29, 1.82) is 0 Å². The lowest BCUT2D eigenvalue weighted by Crippen LogP contribution is -2.31. The molecule has 0 unspecified atom stereocenters. The van der Waals surface area contributed by atoms with Crippen molar-refractivity contribution < 1.29 is 19.0 Å². The zero-order valence-electron chi connectivity index (χ0n) is 17.7. The van der Waals surface area contributed by atoms with Gasteiger partial charge in [-0.1, -0.05) is 12.1 Å². The van der Waals surface area contributed by atoms with Crippen LogP contribution in [0.15, 0.2) is 60.1 Å². The number of nitrogens with one attached hydrogen (secondary N) is 2. The van der Waals surface area contributed by atoms with Crippen LogP contribution in [-0.4, -0.2) is 42.0 Å². The second kappa shape index (κ2) is 8.39. The van der Waals surface area contributed by atoms with Crippen molar-refractivity contribution in [1.82, 2.24) is 14.8 Å². The molecule has 0 bridgehead atoms. The van der Waals surface area contributed by atoms with Gasteiger partial charge in [0.05, 0.1) is 32.6 Å². The first-order valence-corrected chi connectivity index (χ1v) is 9.60. The van der Waals surface area contributed by atoms with E-state index in [0.29, 0.717) is 40.2 Å². The lowest BCUT2D eigenvalue weighted by Gasteiger charge is -2.29. The van der Waals surface area contributed by atoms with Crippen molar-refractivity contribution in [3.05, 3.63) is 65.6 Å². The lowest BCUT2D eigenvalue weighted by molar-refractivity contribution is -0.113. The van der Waals surface area contributed by atoms with E-state index in [1.165, 1.54) is 13.4 Å². The Morgan fingerprint density at radius 3 is 2.58 bits per heavy atom. The van der Waals surface area contributed by atoms with Gasteiger partial charge in [-0.15, -0.1) is 0 Å². The fourth-order valence-electron chi connectivity index (χ4n) is 3.60. The number of nitrogens with zero attached hydrogens (tertiary/aromatic N) is 3. The van der Waals surface area contributed by atoms with Crippen molar-refractivity contribution in [2.45, 2.75) is 13.0 Å². The zero-order chi connectivity index (χ0) is 22.0. The second-order valence-electron chi connectivity index (χ2n) is 6.89. The van der Waals surface area contributed by atoms with Gasteiger partial charge in [-0.2, -0.15) is 10.1 Å². The monoisotopic (exact) mass is 421 g/mol. The number of carbonyl (C=O) groups is 1. The first kappa shape index (κ1) is 20.3. The quantitative estimate of drug-likeness (QED) is 0.630. The molecular weight excluding hydrogens is 398 g/mol. The molecule has 2 heterocycles. The Kier molecular flexibility index (Phi) is 5.48. The standard InChI is InChI=1S/C22H23N5O4/c1-13-19(21(28)26-17-9-8-16(30-3)11-18(17)31-4)20(27-22(25-13)23-12-24-27)14-6-5-7-15(10-14)29-2/h5-12,20H,1-4H3,(H,26,28)(H,23,24,25)/t20-/m1/s1. The van der Waals surface area contributed by atoms with Gasteiger partial charge in [0, 0.05) is 11.8 Å². The maximum Gasteiger partial charge on any atom is 0.255 e. The molecular formula is C22H23N5O4. The minimum Gasteiger partial charge on any atom is -0.497 e. The number of allylic oxidation sites excluding steroid dienone is 1. The van der Waals surface area contributed by atoms with Gasteiger partial charge >= 0.3 is 0 Å². The van der Waals surface area contributed by atoms with Gasteiger partial charge < -0.3 is 24.8 Å². The van der Waals surface area contributed by atoms with Crippen molar-refractivity contribution >= 4 is 17.5 Å². The van der Waals surface area contributed by atoms with Crippen LogP contribution in [0.1, 0.15) is 18.5 Å². The number of ether oxygens (including phenoxy) is 3. The third kappa shape index (κ3) is 3.77. The second-order valence-corrected chi connectivity index (χ2v) is 6.89. The first-order chi connectivity index (χ1) is 15.0. The van der Waals surface area contributed by atoms with Crippen LogP contribution >= 0.6 is 0 Å². The van der Waals surface area contributed by atoms with Crippen molar-refractivity contribution in [2.75, 3.05) is 32.0 Å². The number of benzene rings is 2. The molecule has 0 spiro atoms. The third-order valence-electron chi connectivity index (χ3n) is 5.11. The number of anilines is 2. The molecule has 2 aromatic carbocycles. The van der Waals surface area contributed by atoms with E-state index in [1.54, 1.807) is 37.1 Å². The number of hydrogen-bond donors (Lipinski definition) is 2. The maximum atomic E-state index is 13.5. The van der Waals surface area contributed by atoms with E-state index >= 15 is 0 Å². The van der Waals surface area contributed by atoms with Crippen LogP contribution in [0, 0.1) is 0 Å². The minimum atomic E-state index is -0.488. The van der Waals surface area contributed by atoms with E-state index in [-0.39, 0.29) is 5.91 Å². The summed E-state index contributed by atoms with van der Waals surface area (Å²) in [5.41, 5.74) is 2.56. The number of aromatic nitrogens is 3. The summed E-state index contributed by atoms with van der Waals surface area (Å²) < 4.78 is 17.7. The average Bonchev–Trinajstić information content (AvgIpc) is 3.26. The van der Waals surface area contributed by atoms with Crippen molar-refractivity contribution in [2.24, 2.45) is 0 Å². The molecule has 0 aliphatic carbocycles. The third-order valence-corrected chi connectivity index (χ3v) is 5.11. The SMILES string of the molecule is COc1cccc([C@@H]2C(C(=O)Nc3ccc(OC)cc3OC)=C(C)Nc3ncnn32)c1. The molecule has 4 rings (SSSR count). The summed E-state index contributed by atoms with van der Waals surface area (Å²) >= 11 is 0. The van der Waals surface area contributed by atoms with Gasteiger partial charge in [0.1, 0.15) is 29.6 Å². The van der Waals surface area contributed by atoms with Crippen molar-refractivity contribution in [3.8, 4) is 17.2 Å². The van der Waals surface area contributed by atoms with E-state index in [2.05, 4.69) is 20.7 Å². The summed E-state index contributed by atoms with van der Waals surface area (Å²) in [6.45, 7) is 1.84. The van der Waals surface area contributed by atoms with Crippen LogP contribution in [0.3, 0.4) is 0 Å². The Bertz CT molecular complexity index is 1150. The smallest absolute Gasteiger partial charge is 0.255 e. The highest BCUT2D eigenvalue weighted by molar-refractivity contribution is 6.06. The molecule has 0 fully saturated rings. The Morgan fingerprint density at radius 1 is 1.06 bits per heavy atom. The molecule has 0 saturated heterocycles. The zero-order valence-corrected chi connectivity index (χ0v) is 17.7. The largest absolute Gasteiger partial charge is 0.497 e. The van der Waals surface area contributed by atoms with Gasteiger partial charge in [0.25, 0.3) is 5.91 Å². The highest BCUT2D eigenvalue weighted by Gasteiger charge is 2.34. The Labute approximate surface area is 179 Å². The van der Waals surface area contributed by atoms with E-state index in [4.69, 9.17) is 14.2 Å². The minimum absolute atomic E-state index is 0.289. The van der Waals surface area contributed by atoms with E-state index in [1.807, 2.05) is 31.2 Å². The molecule has 31 heavy (non-hydrogen) atoms. The molecule has 1 atom stereocenters. The Balaban J connectivity index is 1.75. The van der Waals surface area contributed by atoms with E-state index in [0.717, 1.165) is 5.56 Å². The number of amides is 1. The number of hydrogen-bond acceptors (Lipinski definition) is 7. The molecule has 160 valence electrons. The highest BCUT2D eigenvalue weighted by Crippen LogP contribution is 2.37. The number of methoxy groups -OCH3 is 3. The van der Waals surface area contributed by atoms with E-state index in [9.17, 15) is 4.79 Å². The number of rotatable bonds is 6. The lowest BCUT2D eigenvalue weighted by atomic mass is 9.95. The topological polar surface area (TPSA) is 99.5 Å². The molecule has 0 saturated carbocycles. The summed E-state index contributed by atoms with van der Waals surface area (Å²) in [4.78, 5) is 17.7. The summed E-state index contributed by atoms with van der Waals surface area (Å²) in [6, 6.07) is 12.3. The molecule has 1 aliphatic rings. The van der Waals surface area contributed by atoms with Crippen LogP contribution in [0.2, 0.25) is 0 Å². The van der Waals surface area contributed by atoms with Gasteiger partial charge in [-0.3, -0.25) is 4.79 Å². The normalized spacial score (nSPS) is 15.0. The highest BCUT2D eigenvalue weighted by atomic mass is 16.5. The Morgan fingerprint density at radius 2 is 1.84 bits per heavy atom.